The van der Waals surface area contributed by atoms with Crippen LogP contribution < -0.4 is 0 Å². The highest BCUT2D eigenvalue weighted by molar-refractivity contribution is 6.20. The van der Waals surface area contributed by atoms with Crippen LogP contribution in [0, 0.1) is 6.92 Å². The highest BCUT2D eigenvalue weighted by Gasteiger charge is 2.41. The molecule has 0 radical (unpaired) electrons. The average Bonchev–Trinajstić information content (AvgIpc) is 2.54. The summed E-state index contributed by atoms with van der Waals surface area (Å²) in [6.07, 6.45) is -4.37. The molecular formula is C18H14F3NO2. The number of carbonyl (C=O) groups excluding carboxylic acids is 1. The van der Waals surface area contributed by atoms with E-state index >= 15 is 0 Å². The molecule has 0 atom stereocenters. The highest BCUT2D eigenvalue weighted by atomic mass is 19.4. The maximum atomic E-state index is 12.8. The van der Waals surface area contributed by atoms with Crippen molar-refractivity contribution in [3.8, 4) is 0 Å². The van der Waals surface area contributed by atoms with Gasteiger partial charge < -0.3 is 5.11 Å². The van der Waals surface area contributed by atoms with E-state index in [9.17, 15) is 23.1 Å². The summed E-state index contributed by atoms with van der Waals surface area (Å²) in [6.45, 7) is 1.80. The first-order chi connectivity index (χ1) is 11.3. The molecule has 0 saturated carbocycles. The number of aliphatic hydroxyl groups is 1. The molecule has 0 aliphatic rings. The summed E-state index contributed by atoms with van der Waals surface area (Å²) in [5, 5.41) is 10.1. The predicted octanol–water partition coefficient (Wildman–Crippen LogP) is 4.80. The van der Waals surface area contributed by atoms with Crippen LogP contribution in [0.4, 0.5) is 18.9 Å². The minimum absolute atomic E-state index is 0.0980. The lowest BCUT2D eigenvalue weighted by Gasteiger charge is -2.09. The van der Waals surface area contributed by atoms with Crippen molar-refractivity contribution < 1.29 is 23.1 Å². The first-order valence-corrected chi connectivity index (χ1v) is 7.00. The summed E-state index contributed by atoms with van der Waals surface area (Å²) in [4.78, 5) is 15.5. The molecule has 6 heteroatoms. The summed E-state index contributed by atoms with van der Waals surface area (Å²) in [5.41, 5.74) is 0.434. The summed E-state index contributed by atoms with van der Waals surface area (Å²) < 4.78 is 38.4. The molecule has 0 saturated heterocycles. The molecule has 0 aliphatic heterocycles. The topological polar surface area (TPSA) is 49.7 Å². The van der Waals surface area contributed by atoms with Crippen LogP contribution >= 0.6 is 0 Å². The smallest absolute Gasteiger partial charge is 0.455 e. The van der Waals surface area contributed by atoms with E-state index in [1.807, 2.05) is 0 Å². The number of carbonyl (C=O) groups is 1. The second-order valence-corrected chi connectivity index (χ2v) is 5.05. The van der Waals surface area contributed by atoms with Crippen LogP contribution in [0.25, 0.3) is 5.76 Å². The number of halogens is 3. The third-order valence-electron chi connectivity index (χ3n) is 3.15. The zero-order valence-electron chi connectivity index (χ0n) is 12.7. The van der Waals surface area contributed by atoms with E-state index in [1.54, 1.807) is 49.4 Å². The van der Waals surface area contributed by atoms with E-state index in [-0.39, 0.29) is 5.56 Å². The second kappa shape index (κ2) is 7.12. The highest BCUT2D eigenvalue weighted by Crippen LogP contribution is 2.25. The van der Waals surface area contributed by atoms with Crippen LogP contribution in [0.3, 0.4) is 0 Å². The number of benzene rings is 2. The predicted molar refractivity (Wildman–Crippen MR) is 86.4 cm³/mol. The summed E-state index contributed by atoms with van der Waals surface area (Å²) in [6, 6.07) is 14.2. The average molecular weight is 333 g/mol. The van der Waals surface area contributed by atoms with Crippen LogP contribution in [-0.4, -0.2) is 23.3 Å². The Morgan fingerprint density at radius 1 is 1.08 bits per heavy atom. The molecule has 0 aromatic heterocycles. The van der Waals surface area contributed by atoms with Crippen LogP contribution in [-0.2, 0) is 4.79 Å². The van der Waals surface area contributed by atoms with E-state index in [4.69, 9.17) is 0 Å². The minimum Gasteiger partial charge on any atom is -0.506 e. The first-order valence-electron chi connectivity index (χ1n) is 7.00. The molecule has 0 heterocycles. The number of aryl methyl sites for hydroxylation is 1. The SMILES string of the molecule is Cc1cccc(N=C/C(C(=O)C(F)(F)F)=C(/O)c2ccccc2)c1. The van der Waals surface area contributed by atoms with Crippen LogP contribution in [0.1, 0.15) is 11.1 Å². The maximum Gasteiger partial charge on any atom is 0.455 e. The lowest BCUT2D eigenvalue weighted by atomic mass is 10.1. The van der Waals surface area contributed by atoms with Gasteiger partial charge in [0.25, 0.3) is 5.78 Å². The van der Waals surface area contributed by atoms with Crippen molar-refractivity contribution in [2.45, 2.75) is 13.1 Å². The third kappa shape index (κ3) is 4.32. The number of nitrogens with zero attached hydrogens (tertiary/aromatic N) is 1. The van der Waals surface area contributed by atoms with Gasteiger partial charge in [0.1, 0.15) is 5.76 Å². The van der Waals surface area contributed by atoms with Gasteiger partial charge in [-0.05, 0) is 24.6 Å². The van der Waals surface area contributed by atoms with E-state index < -0.39 is 23.3 Å². The van der Waals surface area contributed by atoms with Crippen LogP contribution in [0.5, 0.6) is 0 Å². The number of hydrogen-bond acceptors (Lipinski definition) is 3. The molecular weight excluding hydrogens is 319 g/mol. The lowest BCUT2D eigenvalue weighted by Crippen LogP contribution is -2.26. The van der Waals surface area contributed by atoms with Crippen molar-refractivity contribution in [2.24, 2.45) is 4.99 Å². The standard InChI is InChI=1S/C18H14F3NO2/c1-12-6-5-9-14(10-12)22-11-15(17(24)18(19,20)21)16(23)13-7-3-2-4-8-13/h2-11,23H,1H3/b16-15-,22-11?. The number of rotatable bonds is 4. The molecule has 0 bridgehead atoms. The van der Waals surface area contributed by atoms with E-state index in [0.717, 1.165) is 11.8 Å². The van der Waals surface area contributed by atoms with Crippen molar-refractivity contribution in [2.75, 3.05) is 0 Å². The van der Waals surface area contributed by atoms with Crippen molar-refractivity contribution in [3.05, 3.63) is 71.3 Å². The Kier molecular flexibility index (Phi) is 5.18. The van der Waals surface area contributed by atoms with E-state index in [2.05, 4.69) is 4.99 Å². The number of alkyl halides is 3. The van der Waals surface area contributed by atoms with Gasteiger partial charge in [-0.3, -0.25) is 9.79 Å². The normalized spacial score (nSPS) is 13.0. The molecule has 1 N–H and O–H groups in total. The maximum absolute atomic E-state index is 12.8. The molecule has 24 heavy (non-hydrogen) atoms. The molecule has 0 spiro atoms. The monoisotopic (exact) mass is 333 g/mol. The molecule has 0 aliphatic carbocycles. The van der Waals surface area contributed by atoms with Gasteiger partial charge in [0, 0.05) is 11.8 Å². The van der Waals surface area contributed by atoms with E-state index in [1.165, 1.54) is 12.1 Å². The molecule has 2 rings (SSSR count). The van der Waals surface area contributed by atoms with Gasteiger partial charge in [-0.15, -0.1) is 0 Å². The fourth-order valence-electron chi connectivity index (χ4n) is 1.98. The van der Waals surface area contributed by atoms with Crippen molar-refractivity contribution in [3.63, 3.8) is 0 Å². The van der Waals surface area contributed by atoms with Gasteiger partial charge in [0.15, 0.2) is 0 Å². The first kappa shape index (κ1) is 17.5. The van der Waals surface area contributed by atoms with Gasteiger partial charge in [-0.2, -0.15) is 13.2 Å². The zero-order valence-corrected chi connectivity index (χ0v) is 12.7. The molecule has 0 amide bonds. The second-order valence-electron chi connectivity index (χ2n) is 5.05. The Balaban J connectivity index is 2.50. The Hall–Kier alpha value is -2.89. The van der Waals surface area contributed by atoms with Crippen molar-refractivity contribution >= 4 is 23.4 Å². The largest absolute Gasteiger partial charge is 0.506 e. The van der Waals surface area contributed by atoms with Crippen LogP contribution in [0.2, 0.25) is 0 Å². The van der Waals surface area contributed by atoms with Crippen LogP contribution in [0.15, 0.2) is 65.2 Å². The van der Waals surface area contributed by atoms with Gasteiger partial charge in [-0.25, -0.2) is 0 Å². The van der Waals surface area contributed by atoms with Gasteiger partial charge in [-0.1, -0.05) is 42.5 Å². The summed E-state index contributed by atoms with van der Waals surface area (Å²) in [7, 11) is 0. The Bertz CT molecular complexity index is 793. The van der Waals surface area contributed by atoms with Crippen molar-refractivity contribution in [1.29, 1.82) is 0 Å². The number of aliphatic hydroxyl groups excluding tert-OH is 1. The summed E-state index contributed by atoms with van der Waals surface area (Å²) in [5.74, 6) is -2.92. The number of aliphatic imine (C=N–C) groups is 1. The van der Waals surface area contributed by atoms with Crippen molar-refractivity contribution in [1.82, 2.24) is 0 Å². The quantitative estimate of drug-likeness (QED) is 0.496. The molecule has 0 unspecified atom stereocenters. The van der Waals surface area contributed by atoms with Gasteiger partial charge >= 0.3 is 6.18 Å². The molecule has 3 nitrogen and oxygen atoms in total. The zero-order chi connectivity index (χ0) is 17.7. The Morgan fingerprint density at radius 3 is 2.33 bits per heavy atom. The minimum atomic E-state index is -5.11. The number of ketones is 1. The number of hydrogen-bond donors (Lipinski definition) is 1. The Morgan fingerprint density at radius 2 is 1.75 bits per heavy atom. The fourth-order valence-corrected chi connectivity index (χ4v) is 1.98. The molecule has 2 aromatic carbocycles. The molecule has 0 fully saturated rings. The third-order valence-corrected chi connectivity index (χ3v) is 3.15. The van der Waals surface area contributed by atoms with E-state index in [0.29, 0.717) is 5.69 Å². The lowest BCUT2D eigenvalue weighted by molar-refractivity contribution is -0.165. The molecule has 2 aromatic rings. The Labute approximate surface area is 136 Å². The molecule has 124 valence electrons. The fraction of sp³-hybridized carbons (Fsp3) is 0.111. The summed E-state index contributed by atoms with van der Waals surface area (Å²) >= 11 is 0. The van der Waals surface area contributed by atoms with Gasteiger partial charge in [0.2, 0.25) is 0 Å². The van der Waals surface area contributed by atoms with Gasteiger partial charge in [0.05, 0.1) is 11.3 Å². The number of Topliss-reactive ketones (excluding diaryl/α,β-unsaturated/α-hetero) is 1. The number of allylic oxidation sites excluding steroid dienone is 1.